The Labute approximate surface area is 92.2 Å². The monoisotopic (exact) mass is 257 g/mol. The lowest BCUT2D eigenvalue weighted by Gasteiger charge is -2.40. The van der Waals surface area contributed by atoms with Crippen LogP contribution in [-0.4, -0.2) is 51.1 Å². The molecular weight excluding hydrogens is 241 g/mol. The highest BCUT2D eigenvalue weighted by atomic mass is 31.2. The van der Waals surface area contributed by atoms with Crippen molar-refractivity contribution < 1.29 is 33.8 Å². The molecular formula is C7H16NO7P. The van der Waals surface area contributed by atoms with Crippen LogP contribution in [-0.2, 0) is 13.8 Å². The highest BCUT2D eigenvalue weighted by Crippen LogP contribution is 2.41. The molecule has 0 aromatic carbocycles. The Bertz CT molecular complexity index is 280. The zero-order valence-corrected chi connectivity index (χ0v) is 9.53. The van der Waals surface area contributed by atoms with Crippen LogP contribution in [0.15, 0.2) is 0 Å². The largest absolute Gasteiger partial charge is 0.471 e. The molecule has 0 aromatic rings. The van der Waals surface area contributed by atoms with E-state index in [4.69, 9.17) is 20.3 Å². The van der Waals surface area contributed by atoms with E-state index in [1.165, 1.54) is 6.92 Å². The number of nitrogens with two attached hydrogens (primary N) is 1. The molecule has 16 heavy (non-hydrogen) atoms. The number of rotatable bonds is 3. The van der Waals surface area contributed by atoms with Crippen molar-refractivity contribution >= 4 is 7.82 Å². The third-order valence-corrected chi connectivity index (χ3v) is 2.96. The van der Waals surface area contributed by atoms with E-state index in [-0.39, 0.29) is 6.54 Å². The van der Waals surface area contributed by atoms with E-state index in [1.807, 2.05) is 0 Å². The van der Waals surface area contributed by atoms with Crippen molar-refractivity contribution in [3.63, 3.8) is 0 Å². The summed E-state index contributed by atoms with van der Waals surface area (Å²) in [5.41, 5.74) is 5.28. The van der Waals surface area contributed by atoms with Gasteiger partial charge >= 0.3 is 7.82 Å². The summed E-state index contributed by atoms with van der Waals surface area (Å²) in [5, 5.41) is 19.1. The minimum Gasteiger partial charge on any atom is -0.390 e. The van der Waals surface area contributed by atoms with Crippen LogP contribution in [0.5, 0.6) is 0 Å². The maximum Gasteiger partial charge on any atom is 0.471 e. The molecule has 0 aliphatic carbocycles. The Morgan fingerprint density at radius 2 is 1.94 bits per heavy atom. The SMILES string of the molecule is CC1C(OP(=O)(O)O)OC(CN)C(O)C1O. The lowest BCUT2D eigenvalue weighted by molar-refractivity contribution is -0.250. The second-order valence-corrected chi connectivity index (χ2v) is 4.91. The molecule has 1 heterocycles. The van der Waals surface area contributed by atoms with E-state index in [2.05, 4.69) is 4.52 Å². The van der Waals surface area contributed by atoms with Crippen LogP contribution in [0.3, 0.4) is 0 Å². The van der Waals surface area contributed by atoms with Crippen molar-refractivity contribution in [2.45, 2.75) is 31.5 Å². The van der Waals surface area contributed by atoms with Gasteiger partial charge in [0.2, 0.25) is 0 Å². The molecule has 0 amide bonds. The Morgan fingerprint density at radius 1 is 1.38 bits per heavy atom. The van der Waals surface area contributed by atoms with Gasteiger partial charge in [-0.15, -0.1) is 0 Å². The number of aliphatic hydroxyl groups is 2. The fourth-order valence-electron chi connectivity index (χ4n) is 1.52. The van der Waals surface area contributed by atoms with Gasteiger partial charge in [0.1, 0.15) is 12.2 Å². The quantitative estimate of drug-likeness (QED) is 0.370. The van der Waals surface area contributed by atoms with Crippen molar-refractivity contribution in [1.29, 1.82) is 0 Å². The summed E-state index contributed by atoms with van der Waals surface area (Å²) in [6, 6.07) is 0. The van der Waals surface area contributed by atoms with E-state index in [9.17, 15) is 14.8 Å². The number of phosphoric acid groups is 1. The first-order valence-corrected chi connectivity index (χ1v) is 6.25. The molecule has 1 saturated heterocycles. The van der Waals surface area contributed by atoms with Crippen LogP contribution in [0.4, 0.5) is 0 Å². The third kappa shape index (κ3) is 3.22. The molecule has 5 unspecified atom stereocenters. The van der Waals surface area contributed by atoms with Gasteiger partial charge in [0, 0.05) is 12.5 Å². The first kappa shape index (κ1) is 14.0. The molecule has 0 bridgehead atoms. The van der Waals surface area contributed by atoms with Gasteiger partial charge in [-0.05, 0) is 0 Å². The molecule has 1 aliphatic rings. The Balaban J connectivity index is 2.75. The minimum atomic E-state index is -4.71. The molecule has 0 saturated carbocycles. The van der Waals surface area contributed by atoms with Gasteiger partial charge in [-0.2, -0.15) is 0 Å². The zero-order valence-electron chi connectivity index (χ0n) is 8.63. The topological polar surface area (TPSA) is 142 Å². The van der Waals surface area contributed by atoms with E-state index < -0.39 is 38.3 Å². The molecule has 0 aromatic heterocycles. The van der Waals surface area contributed by atoms with Gasteiger partial charge in [0.15, 0.2) is 6.29 Å². The first-order chi connectivity index (χ1) is 7.26. The zero-order chi connectivity index (χ0) is 12.5. The number of hydrogen-bond donors (Lipinski definition) is 5. The van der Waals surface area contributed by atoms with Gasteiger partial charge < -0.3 is 30.5 Å². The summed E-state index contributed by atoms with van der Waals surface area (Å²) in [7, 11) is -4.71. The lowest BCUT2D eigenvalue weighted by atomic mass is 9.92. The van der Waals surface area contributed by atoms with Crippen molar-refractivity contribution in [1.82, 2.24) is 0 Å². The second-order valence-electron chi connectivity index (χ2n) is 3.71. The van der Waals surface area contributed by atoms with Gasteiger partial charge in [0.25, 0.3) is 0 Å². The van der Waals surface area contributed by atoms with E-state index >= 15 is 0 Å². The highest BCUT2D eigenvalue weighted by molar-refractivity contribution is 7.46. The van der Waals surface area contributed by atoms with Gasteiger partial charge in [0.05, 0.1) is 6.10 Å². The number of phosphoric ester groups is 1. The summed E-state index contributed by atoms with van der Waals surface area (Å²) in [5.74, 6) is -0.773. The summed E-state index contributed by atoms with van der Waals surface area (Å²) >= 11 is 0. The predicted octanol–water partition coefficient (Wildman–Crippen LogP) is -1.86. The predicted molar refractivity (Wildman–Crippen MR) is 52.0 cm³/mol. The number of hydrogen-bond acceptors (Lipinski definition) is 6. The lowest BCUT2D eigenvalue weighted by Crippen LogP contribution is -2.56. The Hall–Kier alpha value is -0.0500. The molecule has 1 rings (SSSR count). The van der Waals surface area contributed by atoms with Crippen molar-refractivity contribution in [3.05, 3.63) is 0 Å². The standard InChI is InChI=1S/C7H16NO7P/c1-3-5(9)6(10)4(2-8)14-7(3)15-16(11,12)13/h3-7,9-10H,2,8H2,1H3,(H2,11,12,13). The Kier molecular flexibility index (Phi) is 4.44. The van der Waals surface area contributed by atoms with Crippen LogP contribution in [0, 0.1) is 5.92 Å². The van der Waals surface area contributed by atoms with E-state index in [0.29, 0.717) is 0 Å². The average Bonchev–Trinajstić information content (AvgIpc) is 2.17. The molecule has 0 radical (unpaired) electrons. The van der Waals surface area contributed by atoms with Crippen LogP contribution in [0.2, 0.25) is 0 Å². The molecule has 1 fully saturated rings. The fraction of sp³-hybridized carbons (Fsp3) is 1.00. The maximum absolute atomic E-state index is 10.6. The minimum absolute atomic E-state index is 0.0913. The number of aliphatic hydroxyl groups excluding tert-OH is 2. The fourth-order valence-corrected chi connectivity index (χ4v) is 2.03. The van der Waals surface area contributed by atoms with Crippen LogP contribution in [0.25, 0.3) is 0 Å². The molecule has 9 heteroatoms. The summed E-state index contributed by atoms with van der Waals surface area (Å²) < 4.78 is 20.1. The third-order valence-electron chi connectivity index (χ3n) is 2.48. The van der Waals surface area contributed by atoms with Gasteiger partial charge in [-0.1, -0.05) is 6.92 Å². The molecule has 1 aliphatic heterocycles. The molecule has 5 atom stereocenters. The Morgan fingerprint density at radius 3 is 2.38 bits per heavy atom. The summed E-state index contributed by atoms with van der Waals surface area (Å²) in [6.07, 6.45) is -4.62. The number of ether oxygens (including phenoxy) is 1. The summed E-state index contributed by atoms with van der Waals surface area (Å²) in [4.78, 5) is 17.3. The molecule has 0 spiro atoms. The summed E-state index contributed by atoms with van der Waals surface area (Å²) in [6.45, 7) is 1.35. The van der Waals surface area contributed by atoms with Crippen LogP contribution < -0.4 is 5.73 Å². The van der Waals surface area contributed by atoms with Crippen LogP contribution >= 0.6 is 7.82 Å². The molecule has 96 valence electrons. The van der Waals surface area contributed by atoms with Crippen molar-refractivity contribution in [2.24, 2.45) is 11.7 Å². The van der Waals surface area contributed by atoms with Gasteiger partial charge in [-0.25, -0.2) is 4.57 Å². The second kappa shape index (κ2) is 5.07. The average molecular weight is 257 g/mol. The molecule has 6 N–H and O–H groups in total. The highest BCUT2D eigenvalue weighted by Gasteiger charge is 2.44. The normalized spacial score (nSPS) is 41.0. The van der Waals surface area contributed by atoms with E-state index in [0.717, 1.165) is 0 Å². The first-order valence-electron chi connectivity index (χ1n) is 4.72. The van der Waals surface area contributed by atoms with Crippen molar-refractivity contribution in [2.75, 3.05) is 6.54 Å². The smallest absolute Gasteiger partial charge is 0.390 e. The van der Waals surface area contributed by atoms with E-state index in [1.54, 1.807) is 0 Å². The maximum atomic E-state index is 10.6. The van der Waals surface area contributed by atoms with Gasteiger partial charge in [-0.3, -0.25) is 4.52 Å². The van der Waals surface area contributed by atoms with Crippen molar-refractivity contribution in [3.8, 4) is 0 Å². The van der Waals surface area contributed by atoms with Crippen LogP contribution in [0.1, 0.15) is 6.92 Å². The molecule has 8 nitrogen and oxygen atoms in total.